The fourth-order valence-corrected chi connectivity index (χ4v) is 2.42. The zero-order valence-corrected chi connectivity index (χ0v) is 12.8. The Morgan fingerprint density at radius 3 is 2.35 bits per heavy atom. The third kappa shape index (κ3) is 2.85. The molecule has 2 aromatic carbocycles. The second-order valence-corrected chi connectivity index (χ2v) is 5.69. The van der Waals surface area contributed by atoms with Crippen LogP contribution in [0.25, 0.3) is 22.3 Å². The molecule has 1 aromatic heterocycles. The van der Waals surface area contributed by atoms with Crippen molar-refractivity contribution in [3.05, 3.63) is 74.4 Å². The molecular formula is C18H15NO4. The highest BCUT2D eigenvalue weighted by Crippen LogP contribution is 2.26. The van der Waals surface area contributed by atoms with E-state index in [4.69, 9.17) is 4.42 Å². The highest BCUT2D eigenvalue weighted by molar-refractivity contribution is 5.79. The summed E-state index contributed by atoms with van der Waals surface area (Å²) < 4.78 is 5.79. The smallest absolute Gasteiger partial charge is 0.269 e. The maximum Gasteiger partial charge on any atom is 0.269 e. The summed E-state index contributed by atoms with van der Waals surface area (Å²) in [6, 6.07) is 12.9. The average molecular weight is 309 g/mol. The van der Waals surface area contributed by atoms with Crippen molar-refractivity contribution in [1.82, 2.24) is 0 Å². The number of nitrogens with zero attached hydrogens (tertiary/aromatic N) is 1. The zero-order valence-electron chi connectivity index (χ0n) is 12.8. The predicted molar refractivity (Wildman–Crippen MR) is 88.7 cm³/mol. The number of benzene rings is 2. The van der Waals surface area contributed by atoms with Crippen LogP contribution in [0.3, 0.4) is 0 Å². The Bertz CT molecular complexity index is 939. The van der Waals surface area contributed by atoms with Gasteiger partial charge in [-0.2, -0.15) is 0 Å². The van der Waals surface area contributed by atoms with Gasteiger partial charge in [-0.3, -0.25) is 14.9 Å². The van der Waals surface area contributed by atoms with E-state index < -0.39 is 4.92 Å². The highest BCUT2D eigenvalue weighted by atomic mass is 16.6. The molecule has 0 spiro atoms. The minimum Gasteiger partial charge on any atom is -0.456 e. The first-order valence-electron chi connectivity index (χ1n) is 7.28. The molecule has 5 nitrogen and oxygen atoms in total. The molecule has 0 saturated heterocycles. The molecule has 5 heteroatoms. The number of rotatable bonds is 3. The van der Waals surface area contributed by atoms with Gasteiger partial charge in [0, 0.05) is 23.8 Å². The van der Waals surface area contributed by atoms with Crippen molar-refractivity contribution in [2.24, 2.45) is 0 Å². The maximum absolute atomic E-state index is 12.4. The van der Waals surface area contributed by atoms with E-state index >= 15 is 0 Å². The fraction of sp³-hybridized carbons (Fsp3) is 0.167. The van der Waals surface area contributed by atoms with Crippen molar-refractivity contribution < 1.29 is 9.34 Å². The number of non-ortho nitro benzene ring substituents is 1. The largest absolute Gasteiger partial charge is 0.456 e. The Morgan fingerprint density at radius 1 is 1.04 bits per heavy atom. The Balaban J connectivity index is 2.11. The summed E-state index contributed by atoms with van der Waals surface area (Å²) in [5.74, 6) is 0.725. The van der Waals surface area contributed by atoms with Crippen molar-refractivity contribution in [3.8, 4) is 11.3 Å². The normalized spacial score (nSPS) is 11.1. The molecule has 0 saturated carbocycles. The summed E-state index contributed by atoms with van der Waals surface area (Å²) in [6.45, 7) is 4.13. The average Bonchev–Trinajstić information content (AvgIpc) is 2.54. The summed E-state index contributed by atoms with van der Waals surface area (Å²) in [5, 5.41) is 11.2. The molecular weight excluding hydrogens is 294 g/mol. The number of fused-ring (bicyclic) bond motifs is 1. The Kier molecular flexibility index (Phi) is 3.70. The van der Waals surface area contributed by atoms with Crippen molar-refractivity contribution in [2.75, 3.05) is 0 Å². The van der Waals surface area contributed by atoms with Crippen LogP contribution < -0.4 is 5.43 Å². The SMILES string of the molecule is CC(C)c1ccc2oc(-c3ccc([N+](=O)[O-])cc3)cc(=O)c2c1. The van der Waals surface area contributed by atoms with Gasteiger partial charge in [0.05, 0.1) is 10.3 Å². The minimum absolute atomic E-state index is 0.00142. The zero-order chi connectivity index (χ0) is 16.6. The summed E-state index contributed by atoms with van der Waals surface area (Å²) in [7, 11) is 0. The number of nitro groups is 1. The molecule has 23 heavy (non-hydrogen) atoms. The van der Waals surface area contributed by atoms with Gasteiger partial charge >= 0.3 is 0 Å². The first kappa shape index (κ1) is 15.0. The lowest BCUT2D eigenvalue weighted by Gasteiger charge is -2.07. The topological polar surface area (TPSA) is 73.3 Å². The van der Waals surface area contributed by atoms with Gasteiger partial charge in [0.2, 0.25) is 0 Å². The van der Waals surface area contributed by atoms with Crippen molar-refractivity contribution in [1.29, 1.82) is 0 Å². The van der Waals surface area contributed by atoms with Crippen molar-refractivity contribution >= 4 is 16.7 Å². The molecule has 0 aliphatic heterocycles. The third-order valence-corrected chi connectivity index (χ3v) is 3.78. The quantitative estimate of drug-likeness (QED) is 0.527. The summed E-state index contributed by atoms with van der Waals surface area (Å²) in [6.07, 6.45) is 0. The van der Waals surface area contributed by atoms with Crippen LogP contribution in [-0.4, -0.2) is 4.92 Å². The third-order valence-electron chi connectivity index (χ3n) is 3.78. The maximum atomic E-state index is 12.4. The summed E-state index contributed by atoms with van der Waals surface area (Å²) >= 11 is 0. The fourth-order valence-electron chi connectivity index (χ4n) is 2.42. The molecule has 0 amide bonds. The first-order chi connectivity index (χ1) is 11.0. The second kappa shape index (κ2) is 5.68. The van der Waals surface area contributed by atoms with Crippen LogP contribution in [0.2, 0.25) is 0 Å². The van der Waals surface area contributed by atoms with E-state index in [1.165, 1.54) is 18.2 Å². The predicted octanol–water partition coefficient (Wildman–Crippen LogP) is 4.49. The van der Waals surface area contributed by atoms with Gasteiger partial charge in [-0.25, -0.2) is 0 Å². The van der Waals surface area contributed by atoms with Crippen molar-refractivity contribution in [3.63, 3.8) is 0 Å². The van der Waals surface area contributed by atoms with Gasteiger partial charge in [0.15, 0.2) is 5.43 Å². The van der Waals surface area contributed by atoms with Gasteiger partial charge in [0.25, 0.3) is 5.69 Å². The minimum atomic E-state index is -0.464. The van der Waals surface area contributed by atoms with Crippen LogP contribution >= 0.6 is 0 Å². The van der Waals surface area contributed by atoms with Crippen LogP contribution in [0, 0.1) is 10.1 Å². The molecule has 3 aromatic rings. The molecule has 0 unspecified atom stereocenters. The lowest BCUT2D eigenvalue weighted by Crippen LogP contribution is -2.01. The molecule has 1 heterocycles. The van der Waals surface area contributed by atoms with Gasteiger partial charge in [-0.1, -0.05) is 19.9 Å². The Hall–Kier alpha value is -2.95. The molecule has 0 aliphatic carbocycles. The number of hydrogen-bond acceptors (Lipinski definition) is 4. The van der Waals surface area contributed by atoms with E-state index in [1.807, 2.05) is 12.1 Å². The van der Waals surface area contributed by atoms with E-state index in [2.05, 4.69) is 13.8 Å². The summed E-state index contributed by atoms with van der Waals surface area (Å²) in [4.78, 5) is 22.6. The van der Waals surface area contributed by atoms with Crippen LogP contribution in [0.5, 0.6) is 0 Å². The molecule has 0 bridgehead atoms. The van der Waals surface area contributed by atoms with Crippen LogP contribution in [0.4, 0.5) is 5.69 Å². The van der Waals surface area contributed by atoms with Crippen LogP contribution in [0.1, 0.15) is 25.3 Å². The lowest BCUT2D eigenvalue weighted by molar-refractivity contribution is -0.384. The van der Waals surface area contributed by atoms with E-state index in [-0.39, 0.29) is 11.1 Å². The number of nitro benzene ring substituents is 1. The Morgan fingerprint density at radius 2 is 1.74 bits per heavy atom. The number of hydrogen-bond donors (Lipinski definition) is 0. The first-order valence-corrected chi connectivity index (χ1v) is 7.28. The molecule has 3 rings (SSSR count). The molecule has 0 atom stereocenters. The monoisotopic (exact) mass is 309 g/mol. The standard InChI is InChI=1S/C18H15NO4/c1-11(2)13-5-8-17-15(9-13)16(20)10-18(23-17)12-3-6-14(7-4-12)19(21)22/h3-11H,1-2H3. The van der Waals surface area contributed by atoms with E-state index in [1.54, 1.807) is 18.2 Å². The molecule has 0 radical (unpaired) electrons. The van der Waals surface area contributed by atoms with Crippen LogP contribution in [-0.2, 0) is 0 Å². The van der Waals surface area contributed by atoms with Gasteiger partial charge < -0.3 is 4.42 Å². The summed E-state index contributed by atoms with van der Waals surface area (Å²) in [5.41, 5.74) is 2.09. The van der Waals surface area contributed by atoms with Gasteiger partial charge in [-0.15, -0.1) is 0 Å². The van der Waals surface area contributed by atoms with Crippen molar-refractivity contribution in [2.45, 2.75) is 19.8 Å². The van der Waals surface area contributed by atoms with E-state index in [0.29, 0.717) is 28.2 Å². The van der Waals surface area contributed by atoms with Crippen LogP contribution in [0.15, 0.2) is 57.7 Å². The highest BCUT2D eigenvalue weighted by Gasteiger charge is 2.11. The van der Waals surface area contributed by atoms with Gasteiger partial charge in [0.1, 0.15) is 11.3 Å². The second-order valence-electron chi connectivity index (χ2n) is 5.69. The molecule has 0 aliphatic rings. The lowest BCUT2D eigenvalue weighted by atomic mass is 10.0. The molecule has 0 N–H and O–H groups in total. The van der Waals surface area contributed by atoms with E-state index in [0.717, 1.165) is 5.56 Å². The van der Waals surface area contributed by atoms with E-state index in [9.17, 15) is 14.9 Å². The molecule has 116 valence electrons. The Labute approximate surface area is 132 Å². The van der Waals surface area contributed by atoms with Gasteiger partial charge in [-0.05, 0) is 35.7 Å². The molecule has 0 fully saturated rings.